The fraction of sp³-hybridized carbons (Fsp3) is 0.188. The van der Waals surface area contributed by atoms with Gasteiger partial charge in [-0.2, -0.15) is 0 Å². The van der Waals surface area contributed by atoms with Crippen LogP contribution in [0, 0.1) is 0 Å². The summed E-state index contributed by atoms with van der Waals surface area (Å²) in [6.07, 6.45) is 0. The highest BCUT2D eigenvalue weighted by Crippen LogP contribution is 2.26. The van der Waals surface area contributed by atoms with Crippen LogP contribution in [0.1, 0.15) is 0 Å². The molecular formula is C16H18N2O3. The number of anilines is 2. The monoisotopic (exact) mass is 286 g/mol. The third-order valence-electron chi connectivity index (χ3n) is 3.06. The molecule has 0 aromatic heterocycles. The van der Waals surface area contributed by atoms with E-state index in [1.807, 2.05) is 18.2 Å². The minimum atomic E-state index is -0.170. The summed E-state index contributed by atoms with van der Waals surface area (Å²) in [6.45, 7) is -0.0571. The van der Waals surface area contributed by atoms with Crippen LogP contribution in [0.4, 0.5) is 11.4 Å². The summed E-state index contributed by atoms with van der Waals surface area (Å²) >= 11 is 0. The van der Waals surface area contributed by atoms with Gasteiger partial charge >= 0.3 is 0 Å². The highest BCUT2D eigenvalue weighted by Gasteiger charge is 2.15. The summed E-state index contributed by atoms with van der Waals surface area (Å²) in [5.74, 6) is 1.07. The Balaban J connectivity index is 2.01. The first kappa shape index (κ1) is 14.7. The molecule has 1 amide bonds. The molecule has 0 aliphatic rings. The van der Waals surface area contributed by atoms with Crippen molar-refractivity contribution in [2.45, 2.75) is 0 Å². The van der Waals surface area contributed by atoms with E-state index in [0.717, 1.165) is 0 Å². The molecule has 0 bridgehead atoms. The lowest BCUT2D eigenvalue weighted by molar-refractivity contribution is -0.120. The van der Waals surface area contributed by atoms with Gasteiger partial charge in [-0.05, 0) is 36.4 Å². The van der Waals surface area contributed by atoms with Gasteiger partial charge in [0.2, 0.25) is 0 Å². The van der Waals surface area contributed by atoms with Crippen molar-refractivity contribution in [2.24, 2.45) is 0 Å². The predicted molar refractivity (Wildman–Crippen MR) is 82.8 cm³/mol. The fourth-order valence-corrected chi connectivity index (χ4v) is 1.85. The zero-order valence-electron chi connectivity index (χ0n) is 12.1. The topological polar surface area (TPSA) is 64.8 Å². The SMILES string of the molecule is COc1ccccc1N(C)C(=O)COc1ccc(N)cc1. The van der Waals surface area contributed by atoms with Crippen molar-refractivity contribution in [3.8, 4) is 11.5 Å². The van der Waals surface area contributed by atoms with Crippen LogP contribution in [0.2, 0.25) is 0 Å². The largest absolute Gasteiger partial charge is 0.495 e. The van der Waals surface area contributed by atoms with Crippen LogP contribution in [-0.4, -0.2) is 26.7 Å². The van der Waals surface area contributed by atoms with Crippen LogP contribution in [0.5, 0.6) is 11.5 Å². The van der Waals surface area contributed by atoms with E-state index in [-0.39, 0.29) is 12.5 Å². The van der Waals surface area contributed by atoms with E-state index in [1.54, 1.807) is 44.5 Å². The molecule has 0 unspecified atom stereocenters. The van der Waals surface area contributed by atoms with Gasteiger partial charge in [0.15, 0.2) is 6.61 Å². The summed E-state index contributed by atoms with van der Waals surface area (Å²) in [4.78, 5) is 13.7. The fourth-order valence-electron chi connectivity index (χ4n) is 1.85. The third kappa shape index (κ3) is 3.66. The summed E-state index contributed by atoms with van der Waals surface area (Å²) in [6, 6.07) is 14.2. The molecule has 0 saturated carbocycles. The van der Waals surface area contributed by atoms with E-state index in [9.17, 15) is 4.79 Å². The van der Waals surface area contributed by atoms with Crippen molar-refractivity contribution >= 4 is 17.3 Å². The number of carbonyl (C=O) groups is 1. The number of methoxy groups -OCH3 is 1. The van der Waals surface area contributed by atoms with Gasteiger partial charge in [-0.25, -0.2) is 0 Å². The number of rotatable bonds is 5. The van der Waals surface area contributed by atoms with E-state index in [4.69, 9.17) is 15.2 Å². The highest BCUT2D eigenvalue weighted by molar-refractivity contribution is 5.95. The Bertz CT molecular complexity index is 611. The van der Waals surface area contributed by atoms with Crippen LogP contribution in [0.25, 0.3) is 0 Å². The van der Waals surface area contributed by atoms with Crippen LogP contribution < -0.4 is 20.1 Å². The van der Waals surface area contributed by atoms with Gasteiger partial charge < -0.3 is 20.1 Å². The second-order valence-corrected chi connectivity index (χ2v) is 4.48. The van der Waals surface area contributed by atoms with Crippen molar-refractivity contribution in [1.29, 1.82) is 0 Å². The Morgan fingerprint density at radius 3 is 2.48 bits per heavy atom. The Morgan fingerprint density at radius 1 is 1.14 bits per heavy atom. The van der Waals surface area contributed by atoms with Crippen molar-refractivity contribution < 1.29 is 14.3 Å². The number of hydrogen-bond acceptors (Lipinski definition) is 4. The molecule has 0 heterocycles. The van der Waals surface area contributed by atoms with E-state index >= 15 is 0 Å². The second-order valence-electron chi connectivity index (χ2n) is 4.48. The smallest absolute Gasteiger partial charge is 0.264 e. The van der Waals surface area contributed by atoms with Crippen LogP contribution in [0.3, 0.4) is 0 Å². The van der Waals surface area contributed by atoms with Crippen LogP contribution in [-0.2, 0) is 4.79 Å². The molecule has 0 radical (unpaired) electrons. The number of para-hydroxylation sites is 2. The van der Waals surface area contributed by atoms with Gasteiger partial charge in [0.25, 0.3) is 5.91 Å². The Labute approximate surface area is 123 Å². The number of amides is 1. The zero-order valence-corrected chi connectivity index (χ0v) is 12.1. The van der Waals surface area contributed by atoms with Gasteiger partial charge in [-0.15, -0.1) is 0 Å². The molecule has 0 spiro atoms. The summed E-state index contributed by atoms with van der Waals surface area (Å²) in [5, 5.41) is 0. The minimum absolute atomic E-state index is 0.0571. The van der Waals surface area contributed by atoms with Crippen molar-refractivity contribution in [3.63, 3.8) is 0 Å². The number of nitrogens with zero attached hydrogens (tertiary/aromatic N) is 1. The normalized spacial score (nSPS) is 10.0. The molecule has 5 heteroatoms. The number of nitrogens with two attached hydrogens (primary N) is 1. The second kappa shape index (κ2) is 6.65. The molecule has 0 saturated heterocycles. The number of hydrogen-bond donors (Lipinski definition) is 1. The highest BCUT2D eigenvalue weighted by atomic mass is 16.5. The molecule has 110 valence electrons. The first-order valence-corrected chi connectivity index (χ1v) is 6.49. The third-order valence-corrected chi connectivity index (χ3v) is 3.06. The number of ether oxygens (including phenoxy) is 2. The zero-order chi connectivity index (χ0) is 15.2. The average molecular weight is 286 g/mol. The Hall–Kier alpha value is -2.69. The lowest BCUT2D eigenvalue weighted by Crippen LogP contribution is -2.31. The van der Waals surface area contributed by atoms with Crippen molar-refractivity contribution in [3.05, 3.63) is 48.5 Å². The van der Waals surface area contributed by atoms with Gasteiger partial charge in [0.05, 0.1) is 12.8 Å². The van der Waals surface area contributed by atoms with Gasteiger partial charge in [-0.3, -0.25) is 4.79 Å². The molecule has 5 nitrogen and oxygen atoms in total. The van der Waals surface area contributed by atoms with Crippen molar-refractivity contribution in [1.82, 2.24) is 0 Å². The molecule has 2 aromatic carbocycles. The van der Waals surface area contributed by atoms with Gasteiger partial charge in [0.1, 0.15) is 11.5 Å². The van der Waals surface area contributed by atoms with E-state index in [1.165, 1.54) is 4.90 Å². The molecule has 2 N–H and O–H groups in total. The maximum absolute atomic E-state index is 12.2. The van der Waals surface area contributed by atoms with E-state index in [2.05, 4.69) is 0 Å². The first-order valence-electron chi connectivity index (χ1n) is 6.49. The molecule has 21 heavy (non-hydrogen) atoms. The first-order chi connectivity index (χ1) is 10.1. The van der Waals surface area contributed by atoms with Crippen LogP contribution >= 0.6 is 0 Å². The number of carbonyl (C=O) groups excluding carboxylic acids is 1. The number of nitrogen functional groups attached to an aromatic ring is 1. The van der Waals surface area contributed by atoms with Crippen molar-refractivity contribution in [2.75, 3.05) is 31.4 Å². The molecule has 2 aromatic rings. The number of likely N-dealkylation sites (N-methyl/N-ethyl adjacent to an activating group) is 1. The maximum atomic E-state index is 12.2. The standard InChI is InChI=1S/C16H18N2O3/c1-18(14-5-3-4-6-15(14)20-2)16(19)11-21-13-9-7-12(17)8-10-13/h3-10H,11,17H2,1-2H3. The maximum Gasteiger partial charge on any atom is 0.264 e. The Kier molecular flexibility index (Phi) is 4.66. The van der Waals surface area contributed by atoms with E-state index < -0.39 is 0 Å². The summed E-state index contributed by atoms with van der Waals surface area (Å²) < 4.78 is 10.7. The molecule has 0 atom stereocenters. The van der Waals surface area contributed by atoms with E-state index in [0.29, 0.717) is 22.9 Å². The molecule has 0 aliphatic heterocycles. The quantitative estimate of drug-likeness (QED) is 0.857. The predicted octanol–water partition coefficient (Wildman–Crippen LogP) is 2.32. The molecular weight excluding hydrogens is 268 g/mol. The lowest BCUT2D eigenvalue weighted by atomic mass is 10.2. The number of benzene rings is 2. The molecule has 2 rings (SSSR count). The van der Waals surface area contributed by atoms with Gasteiger partial charge in [-0.1, -0.05) is 12.1 Å². The van der Waals surface area contributed by atoms with Crippen LogP contribution in [0.15, 0.2) is 48.5 Å². The molecule has 0 fully saturated rings. The minimum Gasteiger partial charge on any atom is -0.495 e. The summed E-state index contributed by atoms with van der Waals surface area (Å²) in [7, 11) is 3.26. The summed E-state index contributed by atoms with van der Waals surface area (Å²) in [5.41, 5.74) is 6.95. The lowest BCUT2D eigenvalue weighted by Gasteiger charge is -2.20. The average Bonchev–Trinajstić information content (AvgIpc) is 2.53. The Morgan fingerprint density at radius 2 is 1.81 bits per heavy atom. The van der Waals surface area contributed by atoms with Gasteiger partial charge in [0, 0.05) is 12.7 Å². The molecule has 0 aliphatic carbocycles.